The molecule has 0 aliphatic carbocycles. The first-order valence-corrected chi connectivity index (χ1v) is 7.63. The lowest BCUT2D eigenvalue weighted by molar-refractivity contribution is 0.0415. The molecule has 1 heterocycles. The summed E-state index contributed by atoms with van der Waals surface area (Å²) >= 11 is 0. The second-order valence-corrected chi connectivity index (χ2v) is 6.17. The van der Waals surface area contributed by atoms with Crippen molar-refractivity contribution in [3.8, 4) is 0 Å². The zero-order chi connectivity index (χ0) is 18.6. The number of nitrogen functional groups attached to an aromatic ring is 2. The molecule has 1 atom stereocenters. The molecule has 2 amide bonds. The minimum atomic E-state index is -1.18. The van der Waals surface area contributed by atoms with Crippen LogP contribution < -0.4 is 22.1 Å². The van der Waals surface area contributed by atoms with E-state index in [0.29, 0.717) is 5.56 Å². The zero-order valence-electron chi connectivity index (χ0n) is 14.1. The first-order chi connectivity index (χ1) is 11.7. The zero-order valence-corrected chi connectivity index (χ0v) is 14.1. The van der Waals surface area contributed by atoms with Crippen LogP contribution in [0.4, 0.5) is 16.3 Å². The van der Waals surface area contributed by atoms with Gasteiger partial charge in [0.2, 0.25) is 0 Å². The van der Waals surface area contributed by atoms with E-state index < -0.39 is 17.7 Å². The molecule has 0 saturated heterocycles. The second-order valence-electron chi connectivity index (χ2n) is 6.17. The quantitative estimate of drug-likeness (QED) is 0.360. The Morgan fingerprint density at radius 3 is 2.48 bits per heavy atom. The third-order valence-corrected chi connectivity index (χ3v) is 3.58. The number of hydrogen-bond acceptors (Lipinski definition) is 5. The molecule has 1 aromatic heterocycles. The summed E-state index contributed by atoms with van der Waals surface area (Å²) in [5, 5.41) is 23.0. The molecule has 8 nitrogen and oxygen atoms in total. The Morgan fingerprint density at radius 1 is 1.32 bits per heavy atom. The molecule has 25 heavy (non-hydrogen) atoms. The number of aliphatic hydroxyl groups is 1. The van der Waals surface area contributed by atoms with Crippen LogP contribution in [-0.4, -0.2) is 27.6 Å². The van der Waals surface area contributed by atoms with Crippen LogP contribution in [0, 0.1) is 5.41 Å². The number of nitrogens with zero attached hydrogens (tertiary/aromatic N) is 1. The Bertz CT molecular complexity index is 770. The van der Waals surface area contributed by atoms with Crippen molar-refractivity contribution >= 4 is 23.4 Å². The number of nitrogens with two attached hydrogens (primary N) is 2. The summed E-state index contributed by atoms with van der Waals surface area (Å²) < 4.78 is 0. The fourth-order valence-corrected chi connectivity index (χ4v) is 2.36. The molecule has 2 rings (SSSR count). The van der Waals surface area contributed by atoms with Crippen LogP contribution in [0.1, 0.15) is 31.0 Å². The number of benzene rings is 1. The predicted molar refractivity (Wildman–Crippen MR) is 97.3 cm³/mol. The van der Waals surface area contributed by atoms with Crippen LogP contribution in [0.3, 0.4) is 0 Å². The second kappa shape index (κ2) is 7.18. The molecular formula is C17H22N6O2. The predicted octanol–water partition coefficient (Wildman–Crippen LogP) is 1.58. The van der Waals surface area contributed by atoms with Crippen molar-refractivity contribution in [2.45, 2.75) is 25.5 Å². The third kappa shape index (κ3) is 4.67. The van der Waals surface area contributed by atoms with E-state index in [0.717, 1.165) is 5.56 Å². The number of urea groups is 1. The van der Waals surface area contributed by atoms with Crippen molar-refractivity contribution in [2.75, 3.05) is 11.1 Å². The largest absolute Gasteiger partial charge is 0.398 e. The lowest BCUT2D eigenvalue weighted by Gasteiger charge is -2.30. The molecule has 0 bridgehead atoms. The van der Waals surface area contributed by atoms with Crippen LogP contribution in [-0.2, 0) is 0 Å². The van der Waals surface area contributed by atoms with Crippen molar-refractivity contribution in [3.63, 3.8) is 0 Å². The first-order valence-electron chi connectivity index (χ1n) is 7.63. The highest BCUT2D eigenvalue weighted by atomic mass is 16.3. The van der Waals surface area contributed by atoms with Crippen LogP contribution >= 0.6 is 0 Å². The summed E-state index contributed by atoms with van der Waals surface area (Å²) in [6.45, 7) is 3.23. The Kier molecular flexibility index (Phi) is 5.23. The first kappa shape index (κ1) is 18.2. The van der Waals surface area contributed by atoms with Gasteiger partial charge >= 0.3 is 6.03 Å². The van der Waals surface area contributed by atoms with Crippen LogP contribution in [0.15, 0.2) is 42.6 Å². The van der Waals surface area contributed by atoms with Gasteiger partial charge in [0.25, 0.3) is 0 Å². The molecule has 0 radical (unpaired) electrons. The molecule has 0 saturated carbocycles. The van der Waals surface area contributed by atoms with Crippen molar-refractivity contribution in [2.24, 2.45) is 5.73 Å². The van der Waals surface area contributed by atoms with E-state index in [1.165, 1.54) is 12.3 Å². The monoisotopic (exact) mass is 342 g/mol. The fourth-order valence-electron chi connectivity index (χ4n) is 2.36. The number of amides is 2. The van der Waals surface area contributed by atoms with E-state index in [1.54, 1.807) is 13.8 Å². The molecule has 8 N–H and O–H groups in total. The average Bonchev–Trinajstić information content (AvgIpc) is 2.52. The van der Waals surface area contributed by atoms with E-state index in [2.05, 4.69) is 15.6 Å². The van der Waals surface area contributed by atoms with Gasteiger partial charge in [-0.05, 0) is 19.4 Å². The highest BCUT2D eigenvalue weighted by molar-refractivity contribution is 6.00. The van der Waals surface area contributed by atoms with E-state index in [-0.39, 0.29) is 17.3 Å². The number of amidine groups is 1. The Balaban J connectivity index is 2.14. The molecule has 0 aliphatic heterocycles. The van der Waals surface area contributed by atoms with Crippen molar-refractivity contribution in [1.29, 1.82) is 5.41 Å². The maximum Gasteiger partial charge on any atom is 0.320 e. The minimum absolute atomic E-state index is 0.202. The van der Waals surface area contributed by atoms with Gasteiger partial charge in [0.1, 0.15) is 11.7 Å². The Labute approximate surface area is 145 Å². The third-order valence-electron chi connectivity index (χ3n) is 3.58. The van der Waals surface area contributed by atoms with Crippen LogP contribution in [0.25, 0.3) is 0 Å². The lowest BCUT2D eigenvalue weighted by atomic mass is 9.92. The molecule has 1 unspecified atom stereocenters. The molecular weight excluding hydrogens is 320 g/mol. The normalized spacial score (nSPS) is 12.3. The number of pyridine rings is 1. The summed E-state index contributed by atoms with van der Waals surface area (Å²) in [7, 11) is 0. The van der Waals surface area contributed by atoms with Gasteiger partial charge in [-0.3, -0.25) is 10.7 Å². The number of carbonyl (C=O) groups excluding carboxylic acids is 1. The molecule has 8 heteroatoms. The van der Waals surface area contributed by atoms with E-state index in [1.807, 2.05) is 30.3 Å². The minimum Gasteiger partial charge on any atom is -0.398 e. The number of hydrogen-bond donors (Lipinski definition) is 6. The fraction of sp³-hybridized carbons (Fsp3) is 0.235. The number of nitrogens with one attached hydrogen (secondary N) is 3. The summed E-state index contributed by atoms with van der Waals surface area (Å²) in [6, 6.07) is 9.40. The molecule has 1 aromatic carbocycles. The highest BCUT2D eigenvalue weighted by Crippen LogP contribution is 2.25. The van der Waals surface area contributed by atoms with Gasteiger partial charge in [-0.15, -0.1) is 0 Å². The van der Waals surface area contributed by atoms with Gasteiger partial charge in [0, 0.05) is 18.0 Å². The Hall–Kier alpha value is -3.13. The summed E-state index contributed by atoms with van der Waals surface area (Å²) in [5.74, 6) is 0.00901. The van der Waals surface area contributed by atoms with Gasteiger partial charge in [-0.1, -0.05) is 30.3 Å². The molecule has 0 spiro atoms. The maximum atomic E-state index is 12.3. The van der Waals surface area contributed by atoms with Crippen LogP contribution in [0.2, 0.25) is 0 Å². The lowest BCUT2D eigenvalue weighted by Crippen LogP contribution is -2.43. The van der Waals surface area contributed by atoms with Crippen molar-refractivity contribution < 1.29 is 9.90 Å². The molecule has 0 fully saturated rings. The SMILES string of the molecule is CC(C)(O)C(NC(=O)Nc1cc(N)c(C(=N)N)cn1)c1ccccc1. The average molecular weight is 342 g/mol. The van der Waals surface area contributed by atoms with Gasteiger partial charge in [-0.25, -0.2) is 9.78 Å². The van der Waals surface area contributed by atoms with Crippen molar-refractivity contribution in [1.82, 2.24) is 10.3 Å². The number of rotatable bonds is 5. The summed E-state index contributed by atoms with van der Waals surface area (Å²) in [5.41, 5.74) is 11.3. The molecule has 132 valence electrons. The highest BCUT2D eigenvalue weighted by Gasteiger charge is 2.29. The van der Waals surface area contributed by atoms with Gasteiger partial charge in [0.15, 0.2) is 0 Å². The molecule has 0 aliphatic rings. The van der Waals surface area contributed by atoms with Gasteiger partial charge < -0.3 is 21.9 Å². The number of aromatic nitrogens is 1. The standard InChI is InChI=1S/C17H22N6O2/c1-17(2,25)14(10-6-4-3-5-7-10)23-16(24)22-13-8-12(18)11(9-21-13)15(19)20/h3-9,14,25H,1-2H3,(H3,19,20)(H4,18,21,22,23,24). The maximum absolute atomic E-state index is 12.3. The summed E-state index contributed by atoms with van der Waals surface area (Å²) in [6.07, 6.45) is 1.32. The topological polar surface area (TPSA) is 150 Å². The van der Waals surface area contributed by atoms with Gasteiger partial charge in [0.05, 0.1) is 17.2 Å². The summed E-state index contributed by atoms with van der Waals surface area (Å²) in [4.78, 5) is 16.3. The smallest absolute Gasteiger partial charge is 0.320 e. The Morgan fingerprint density at radius 2 is 1.96 bits per heavy atom. The van der Waals surface area contributed by atoms with Crippen LogP contribution in [0.5, 0.6) is 0 Å². The number of carbonyl (C=O) groups is 1. The van der Waals surface area contributed by atoms with E-state index in [9.17, 15) is 9.90 Å². The number of anilines is 2. The van der Waals surface area contributed by atoms with E-state index in [4.69, 9.17) is 16.9 Å². The van der Waals surface area contributed by atoms with E-state index >= 15 is 0 Å². The molecule has 2 aromatic rings. The van der Waals surface area contributed by atoms with Gasteiger partial charge in [-0.2, -0.15) is 0 Å². The van der Waals surface area contributed by atoms with Crippen molar-refractivity contribution in [3.05, 3.63) is 53.7 Å².